The van der Waals surface area contributed by atoms with Crippen molar-refractivity contribution in [3.05, 3.63) is 30.5 Å². The van der Waals surface area contributed by atoms with E-state index < -0.39 is 0 Å². The molecule has 0 saturated carbocycles. The van der Waals surface area contributed by atoms with Crippen LogP contribution in [0.4, 0.5) is 0 Å². The number of terminal acetylenes is 1. The van der Waals surface area contributed by atoms with Gasteiger partial charge in [-0.25, -0.2) is 0 Å². The van der Waals surface area contributed by atoms with E-state index in [1.54, 1.807) is 0 Å². The number of unbranched alkanes of at least 4 members (excludes halogenated alkanes) is 1. The van der Waals surface area contributed by atoms with Crippen LogP contribution in [0.15, 0.2) is 30.5 Å². The molecule has 2 nitrogen and oxygen atoms in total. The van der Waals surface area contributed by atoms with Crippen LogP contribution in [0.2, 0.25) is 0 Å². The maximum atomic E-state index is 5.49. The molecule has 0 fully saturated rings. The molecule has 1 heterocycles. The maximum absolute atomic E-state index is 5.49. The van der Waals surface area contributed by atoms with Gasteiger partial charge >= 0.3 is 0 Å². The summed E-state index contributed by atoms with van der Waals surface area (Å²) in [6, 6.07) is 8.32. The summed E-state index contributed by atoms with van der Waals surface area (Å²) in [5.74, 6) is 3.60. The van der Waals surface area contributed by atoms with E-state index in [0.29, 0.717) is 6.61 Å². The van der Waals surface area contributed by atoms with Crippen LogP contribution in [-0.4, -0.2) is 11.2 Å². The Bertz CT molecular complexity index is 533. The summed E-state index contributed by atoms with van der Waals surface area (Å²) in [6.45, 7) is 3.67. The third kappa shape index (κ3) is 2.62. The number of fused-ring (bicyclic) bond motifs is 1. The van der Waals surface area contributed by atoms with E-state index in [-0.39, 0.29) is 0 Å². The van der Waals surface area contributed by atoms with Crippen molar-refractivity contribution in [2.75, 3.05) is 6.61 Å². The molecule has 1 aromatic carbocycles. The van der Waals surface area contributed by atoms with Crippen LogP contribution in [0, 0.1) is 12.3 Å². The first kappa shape index (κ1) is 11.6. The number of nitrogens with zero attached hydrogens (tertiary/aromatic N) is 1. The van der Waals surface area contributed by atoms with E-state index in [0.717, 1.165) is 25.1 Å². The molecule has 2 rings (SSSR count). The summed E-state index contributed by atoms with van der Waals surface area (Å²) in [6.07, 6.45) is 9.22. The van der Waals surface area contributed by atoms with E-state index >= 15 is 0 Å². The zero-order valence-corrected chi connectivity index (χ0v) is 10.1. The van der Waals surface area contributed by atoms with Crippen LogP contribution in [0.3, 0.4) is 0 Å². The van der Waals surface area contributed by atoms with Gasteiger partial charge < -0.3 is 9.30 Å². The zero-order chi connectivity index (χ0) is 12.1. The molecule has 0 saturated heterocycles. The highest BCUT2D eigenvalue weighted by Gasteiger charge is 2.02. The van der Waals surface area contributed by atoms with E-state index in [9.17, 15) is 0 Å². The lowest BCUT2D eigenvalue weighted by molar-refractivity contribution is 0.340. The van der Waals surface area contributed by atoms with Crippen molar-refractivity contribution in [2.24, 2.45) is 0 Å². The molecule has 1 aromatic heterocycles. The van der Waals surface area contributed by atoms with Crippen molar-refractivity contribution in [1.82, 2.24) is 4.57 Å². The molecule has 0 N–H and O–H groups in total. The second-order valence-corrected chi connectivity index (χ2v) is 3.97. The van der Waals surface area contributed by atoms with Gasteiger partial charge in [0, 0.05) is 30.1 Å². The standard InChI is InChI=1S/C15H17NO/c1-3-5-6-10-16-11-9-13-12-14(17-4-2)7-8-15(13)16/h1,7-9,11-12H,4-6,10H2,2H3. The Hall–Kier alpha value is -1.88. The molecule has 2 aromatic rings. The molecular formula is C15H17NO. The van der Waals surface area contributed by atoms with Crippen molar-refractivity contribution in [1.29, 1.82) is 0 Å². The molecule has 0 aliphatic carbocycles. The van der Waals surface area contributed by atoms with Crippen LogP contribution in [0.25, 0.3) is 10.9 Å². The summed E-state index contributed by atoms with van der Waals surface area (Å²) < 4.78 is 7.72. The Morgan fingerprint density at radius 1 is 1.35 bits per heavy atom. The highest BCUT2D eigenvalue weighted by molar-refractivity contribution is 5.81. The van der Waals surface area contributed by atoms with E-state index in [1.165, 1.54) is 10.9 Å². The average molecular weight is 227 g/mol. The molecule has 0 aliphatic heterocycles. The summed E-state index contributed by atoms with van der Waals surface area (Å²) in [5, 5.41) is 1.22. The van der Waals surface area contributed by atoms with Crippen LogP contribution in [0.5, 0.6) is 5.75 Å². The minimum absolute atomic E-state index is 0.703. The average Bonchev–Trinajstić information content (AvgIpc) is 2.73. The fourth-order valence-corrected chi connectivity index (χ4v) is 1.98. The molecule has 0 spiro atoms. The van der Waals surface area contributed by atoms with Crippen molar-refractivity contribution in [3.8, 4) is 18.1 Å². The number of ether oxygens (including phenoxy) is 1. The second-order valence-electron chi connectivity index (χ2n) is 3.97. The van der Waals surface area contributed by atoms with Gasteiger partial charge in [-0.05, 0) is 37.6 Å². The van der Waals surface area contributed by atoms with Gasteiger partial charge in [-0.2, -0.15) is 0 Å². The molecule has 0 atom stereocenters. The maximum Gasteiger partial charge on any atom is 0.120 e. The number of aryl methyl sites for hydroxylation is 1. The largest absolute Gasteiger partial charge is 0.494 e. The summed E-state index contributed by atoms with van der Waals surface area (Å²) in [4.78, 5) is 0. The summed E-state index contributed by atoms with van der Waals surface area (Å²) in [7, 11) is 0. The topological polar surface area (TPSA) is 14.2 Å². The highest BCUT2D eigenvalue weighted by atomic mass is 16.5. The third-order valence-electron chi connectivity index (χ3n) is 2.77. The van der Waals surface area contributed by atoms with Crippen LogP contribution in [-0.2, 0) is 6.54 Å². The molecule has 17 heavy (non-hydrogen) atoms. The van der Waals surface area contributed by atoms with Crippen LogP contribution < -0.4 is 4.74 Å². The lowest BCUT2D eigenvalue weighted by Gasteiger charge is -2.05. The number of hydrogen-bond acceptors (Lipinski definition) is 1. The smallest absolute Gasteiger partial charge is 0.120 e. The quantitative estimate of drug-likeness (QED) is 0.563. The van der Waals surface area contributed by atoms with Gasteiger partial charge in [0.25, 0.3) is 0 Å². The van der Waals surface area contributed by atoms with Crippen molar-refractivity contribution in [2.45, 2.75) is 26.3 Å². The molecular weight excluding hydrogens is 210 g/mol. The molecule has 88 valence electrons. The Morgan fingerprint density at radius 3 is 3.00 bits per heavy atom. The monoisotopic (exact) mass is 227 g/mol. The number of rotatable bonds is 5. The van der Waals surface area contributed by atoms with E-state index in [2.05, 4.69) is 34.9 Å². The minimum Gasteiger partial charge on any atom is -0.494 e. The molecule has 0 bridgehead atoms. The van der Waals surface area contributed by atoms with E-state index in [4.69, 9.17) is 11.2 Å². The van der Waals surface area contributed by atoms with Crippen LogP contribution >= 0.6 is 0 Å². The highest BCUT2D eigenvalue weighted by Crippen LogP contribution is 2.22. The minimum atomic E-state index is 0.703. The Morgan fingerprint density at radius 2 is 2.24 bits per heavy atom. The predicted octanol–water partition coefficient (Wildman–Crippen LogP) is 3.45. The van der Waals surface area contributed by atoms with Crippen LogP contribution in [0.1, 0.15) is 19.8 Å². The fraction of sp³-hybridized carbons (Fsp3) is 0.333. The van der Waals surface area contributed by atoms with Crippen molar-refractivity contribution >= 4 is 10.9 Å². The first-order valence-electron chi connectivity index (χ1n) is 6.00. The molecule has 0 amide bonds. The number of aromatic nitrogens is 1. The van der Waals surface area contributed by atoms with E-state index in [1.807, 2.05) is 13.0 Å². The van der Waals surface area contributed by atoms with Crippen molar-refractivity contribution in [3.63, 3.8) is 0 Å². The van der Waals surface area contributed by atoms with Gasteiger partial charge in [0.05, 0.1) is 6.61 Å². The Labute approximate surface area is 102 Å². The van der Waals surface area contributed by atoms with Gasteiger partial charge in [-0.1, -0.05) is 0 Å². The lowest BCUT2D eigenvalue weighted by Crippen LogP contribution is -1.95. The number of hydrogen-bond donors (Lipinski definition) is 0. The first-order valence-corrected chi connectivity index (χ1v) is 6.00. The molecule has 0 unspecified atom stereocenters. The normalized spacial score (nSPS) is 10.4. The van der Waals surface area contributed by atoms with Gasteiger partial charge in [0.15, 0.2) is 0 Å². The van der Waals surface area contributed by atoms with Crippen molar-refractivity contribution < 1.29 is 4.74 Å². The zero-order valence-electron chi connectivity index (χ0n) is 10.1. The molecule has 2 heteroatoms. The predicted molar refractivity (Wildman–Crippen MR) is 71.2 cm³/mol. The first-order chi connectivity index (χ1) is 8.35. The Balaban J connectivity index is 2.20. The molecule has 0 aliphatic rings. The summed E-state index contributed by atoms with van der Waals surface area (Å²) in [5.41, 5.74) is 1.24. The second kappa shape index (κ2) is 5.45. The lowest BCUT2D eigenvalue weighted by atomic mass is 10.2. The Kier molecular flexibility index (Phi) is 3.72. The van der Waals surface area contributed by atoms with Gasteiger partial charge in [-0.3, -0.25) is 0 Å². The SMILES string of the molecule is C#CCCCn1ccc2cc(OCC)ccc21. The van der Waals surface area contributed by atoms with Gasteiger partial charge in [0.2, 0.25) is 0 Å². The third-order valence-corrected chi connectivity index (χ3v) is 2.77. The summed E-state index contributed by atoms with van der Waals surface area (Å²) >= 11 is 0. The van der Waals surface area contributed by atoms with Gasteiger partial charge in [0.1, 0.15) is 5.75 Å². The van der Waals surface area contributed by atoms with Gasteiger partial charge in [-0.15, -0.1) is 12.3 Å². The fourth-order valence-electron chi connectivity index (χ4n) is 1.98. The molecule has 0 radical (unpaired) electrons. The number of benzene rings is 1.